The van der Waals surface area contributed by atoms with Gasteiger partial charge in [-0.05, 0) is 33.7 Å². The van der Waals surface area contributed by atoms with Gasteiger partial charge in [-0.15, -0.1) is 0 Å². The van der Waals surface area contributed by atoms with Crippen LogP contribution in [0, 0.1) is 0 Å². The SMILES string of the molecule is Nc1ccc2ccc3ccc(S(=O)(=O)O)c4ccc1c2c34. The van der Waals surface area contributed by atoms with Gasteiger partial charge in [0, 0.05) is 16.5 Å². The number of nitrogens with two attached hydrogens (primary N) is 1. The normalized spacial score (nSPS) is 12.6. The molecule has 4 nitrogen and oxygen atoms in total. The molecule has 4 aromatic rings. The predicted octanol–water partition coefficient (Wildman–Crippen LogP) is 3.41. The second-order valence-corrected chi connectivity index (χ2v) is 6.51. The average molecular weight is 297 g/mol. The third kappa shape index (κ3) is 1.62. The van der Waals surface area contributed by atoms with Gasteiger partial charge in [0.05, 0.1) is 0 Å². The highest BCUT2D eigenvalue weighted by Crippen LogP contribution is 2.38. The van der Waals surface area contributed by atoms with E-state index in [1.54, 1.807) is 18.2 Å². The van der Waals surface area contributed by atoms with Crippen molar-refractivity contribution in [2.45, 2.75) is 4.90 Å². The lowest BCUT2D eigenvalue weighted by atomic mass is 9.93. The summed E-state index contributed by atoms with van der Waals surface area (Å²) in [5.74, 6) is 0. The summed E-state index contributed by atoms with van der Waals surface area (Å²) >= 11 is 0. The summed E-state index contributed by atoms with van der Waals surface area (Å²) in [4.78, 5) is -0.0770. The fraction of sp³-hybridized carbons (Fsp3) is 0. The van der Waals surface area contributed by atoms with Crippen molar-refractivity contribution in [3.8, 4) is 0 Å². The Bertz CT molecular complexity index is 1120. The second kappa shape index (κ2) is 3.84. The van der Waals surface area contributed by atoms with E-state index in [4.69, 9.17) is 5.73 Å². The third-order valence-corrected chi connectivity index (χ3v) is 4.85. The smallest absolute Gasteiger partial charge is 0.295 e. The molecule has 0 unspecified atom stereocenters. The van der Waals surface area contributed by atoms with Crippen LogP contribution >= 0.6 is 0 Å². The molecule has 4 rings (SSSR count). The topological polar surface area (TPSA) is 80.4 Å². The average Bonchev–Trinajstić information content (AvgIpc) is 2.45. The van der Waals surface area contributed by atoms with Crippen molar-refractivity contribution < 1.29 is 13.0 Å². The fourth-order valence-corrected chi connectivity index (χ4v) is 3.71. The van der Waals surface area contributed by atoms with Crippen molar-refractivity contribution in [1.29, 1.82) is 0 Å². The summed E-state index contributed by atoms with van der Waals surface area (Å²) < 4.78 is 32.6. The van der Waals surface area contributed by atoms with Gasteiger partial charge in [0.1, 0.15) is 4.90 Å². The summed E-state index contributed by atoms with van der Waals surface area (Å²) in [7, 11) is -4.27. The lowest BCUT2D eigenvalue weighted by Gasteiger charge is -2.13. The van der Waals surface area contributed by atoms with E-state index in [1.165, 1.54) is 6.07 Å². The van der Waals surface area contributed by atoms with Crippen molar-refractivity contribution in [1.82, 2.24) is 0 Å². The number of benzene rings is 4. The first-order valence-corrected chi connectivity index (χ1v) is 7.84. The second-order valence-electron chi connectivity index (χ2n) is 5.12. The Labute approximate surface area is 120 Å². The summed E-state index contributed by atoms with van der Waals surface area (Å²) in [6, 6.07) is 14.3. The molecular weight excluding hydrogens is 286 g/mol. The Balaban J connectivity index is 2.39. The number of rotatable bonds is 1. The van der Waals surface area contributed by atoms with Crippen LogP contribution in [0.5, 0.6) is 0 Å². The lowest BCUT2D eigenvalue weighted by molar-refractivity contribution is 0.484. The zero-order chi connectivity index (χ0) is 14.8. The van der Waals surface area contributed by atoms with Crippen molar-refractivity contribution in [2.75, 3.05) is 5.73 Å². The molecule has 0 aliphatic carbocycles. The maximum absolute atomic E-state index is 11.6. The fourth-order valence-electron chi connectivity index (χ4n) is 3.02. The molecular formula is C16H11NO3S. The van der Waals surface area contributed by atoms with E-state index in [9.17, 15) is 13.0 Å². The lowest BCUT2D eigenvalue weighted by Crippen LogP contribution is -2.00. The number of hydrogen-bond donors (Lipinski definition) is 2. The molecule has 0 fully saturated rings. The number of nitrogen functional groups attached to an aromatic ring is 1. The minimum Gasteiger partial charge on any atom is -0.398 e. The van der Waals surface area contributed by atoms with E-state index in [1.807, 2.05) is 24.3 Å². The van der Waals surface area contributed by atoms with Gasteiger partial charge < -0.3 is 5.73 Å². The minimum atomic E-state index is -4.27. The highest BCUT2D eigenvalue weighted by atomic mass is 32.2. The molecule has 0 bridgehead atoms. The number of anilines is 1. The van der Waals surface area contributed by atoms with Gasteiger partial charge in [-0.3, -0.25) is 4.55 Å². The number of hydrogen-bond acceptors (Lipinski definition) is 3. The van der Waals surface area contributed by atoms with Crippen LogP contribution in [0.1, 0.15) is 0 Å². The van der Waals surface area contributed by atoms with Crippen LogP contribution in [0.2, 0.25) is 0 Å². The van der Waals surface area contributed by atoms with Gasteiger partial charge in [-0.1, -0.05) is 36.4 Å². The van der Waals surface area contributed by atoms with Crippen molar-refractivity contribution in [2.24, 2.45) is 0 Å². The van der Waals surface area contributed by atoms with Crippen LogP contribution in [0.3, 0.4) is 0 Å². The molecule has 4 aromatic carbocycles. The van der Waals surface area contributed by atoms with E-state index in [-0.39, 0.29) is 4.90 Å². The molecule has 0 aromatic heterocycles. The van der Waals surface area contributed by atoms with Gasteiger partial charge in [-0.2, -0.15) is 8.42 Å². The van der Waals surface area contributed by atoms with E-state index < -0.39 is 10.1 Å². The molecule has 0 radical (unpaired) electrons. The monoisotopic (exact) mass is 297 g/mol. The molecule has 0 aliphatic rings. The van der Waals surface area contributed by atoms with Crippen LogP contribution in [0.15, 0.2) is 53.4 Å². The van der Waals surface area contributed by atoms with Crippen molar-refractivity contribution in [3.63, 3.8) is 0 Å². The van der Waals surface area contributed by atoms with E-state index in [2.05, 4.69) is 0 Å². The van der Waals surface area contributed by atoms with Crippen LogP contribution in [0.4, 0.5) is 5.69 Å². The molecule has 0 saturated carbocycles. The zero-order valence-electron chi connectivity index (χ0n) is 10.9. The zero-order valence-corrected chi connectivity index (χ0v) is 11.7. The highest BCUT2D eigenvalue weighted by Gasteiger charge is 2.18. The van der Waals surface area contributed by atoms with E-state index >= 15 is 0 Å². The Morgan fingerprint density at radius 1 is 0.762 bits per heavy atom. The molecule has 0 saturated heterocycles. The Morgan fingerprint density at radius 2 is 1.29 bits per heavy atom. The minimum absolute atomic E-state index is 0.0770. The predicted molar refractivity (Wildman–Crippen MR) is 84.4 cm³/mol. The summed E-state index contributed by atoms with van der Waals surface area (Å²) in [5, 5.41) is 5.05. The third-order valence-electron chi connectivity index (χ3n) is 3.94. The van der Waals surface area contributed by atoms with Crippen LogP contribution < -0.4 is 5.73 Å². The van der Waals surface area contributed by atoms with Crippen LogP contribution in [0.25, 0.3) is 32.3 Å². The Kier molecular flexibility index (Phi) is 2.26. The van der Waals surface area contributed by atoms with Crippen LogP contribution in [-0.2, 0) is 10.1 Å². The van der Waals surface area contributed by atoms with Gasteiger partial charge >= 0.3 is 0 Å². The molecule has 104 valence electrons. The van der Waals surface area contributed by atoms with Gasteiger partial charge in [0.25, 0.3) is 10.1 Å². The van der Waals surface area contributed by atoms with Gasteiger partial charge in [0.15, 0.2) is 0 Å². The summed E-state index contributed by atoms with van der Waals surface area (Å²) in [6.07, 6.45) is 0. The molecule has 3 N–H and O–H groups in total. The van der Waals surface area contributed by atoms with Gasteiger partial charge in [0.2, 0.25) is 0 Å². The summed E-state index contributed by atoms with van der Waals surface area (Å²) in [6.45, 7) is 0. The molecule has 0 spiro atoms. The Morgan fingerprint density at radius 3 is 1.95 bits per heavy atom. The van der Waals surface area contributed by atoms with Crippen molar-refractivity contribution in [3.05, 3.63) is 48.5 Å². The largest absolute Gasteiger partial charge is 0.398 e. The molecule has 0 amide bonds. The first-order chi connectivity index (χ1) is 9.97. The summed E-state index contributed by atoms with van der Waals surface area (Å²) in [5.41, 5.74) is 6.67. The van der Waals surface area contributed by atoms with E-state index in [0.717, 1.165) is 26.9 Å². The van der Waals surface area contributed by atoms with E-state index in [0.29, 0.717) is 11.1 Å². The van der Waals surface area contributed by atoms with Gasteiger partial charge in [-0.25, -0.2) is 0 Å². The molecule has 21 heavy (non-hydrogen) atoms. The van der Waals surface area contributed by atoms with Crippen molar-refractivity contribution >= 4 is 48.1 Å². The van der Waals surface area contributed by atoms with Crippen LogP contribution in [-0.4, -0.2) is 13.0 Å². The maximum atomic E-state index is 11.6. The standard InChI is InChI=1S/C16H11NO3S/c17-13-7-3-9-1-2-10-4-8-14(21(18,19)20)12-6-5-11(13)15(9)16(10)12/h1-8H,17H2,(H,18,19,20). The molecule has 0 atom stereocenters. The first-order valence-electron chi connectivity index (χ1n) is 6.40. The highest BCUT2D eigenvalue weighted by molar-refractivity contribution is 7.86. The molecule has 5 heteroatoms. The molecule has 0 aliphatic heterocycles. The molecule has 0 heterocycles. The quantitative estimate of drug-likeness (QED) is 0.320. The maximum Gasteiger partial charge on any atom is 0.295 e. The Hall–Kier alpha value is -2.37. The first kappa shape index (κ1) is 12.4.